The Bertz CT molecular complexity index is 551. The molecular weight excluding hydrogens is 243 g/mol. The number of benzene rings is 1. The normalized spacial score (nSPS) is 12.6. The first-order valence-corrected chi connectivity index (χ1v) is 6.57. The van der Waals surface area contributed by atoms with E-state index in [1.54, 1.807) is 18.3 Å². The van der Waals surface area contributed by atoms with Crippen LogP contribution in [-0.2, 0) is 0 Å². The number of nitrogens with zero attached hydrogens (tertiary/aromatic N) is 1. The lowest BCUT2D eigenvalue weighted by Crippen LogP contribution is -2.19. The van der Waals surface area contributed by atoms with Gasteiger partial charge in [-0.15, -0.1) is 0 Å². The van der Waals surface area contributed by atoms with Gasteiger partial charge in [-0.1, -0.05) is 18.6 Å². The number of oxazole rings is 1. The Kier molecular flexibility index (Phi) is 4.32. The van der Waals surface area contributed by atoms with E-state index >= 15 is 0 Å². The van der Waals surface area contributed by atoms with Gasteiger partial charge in [0.25, 0.3) is 0 Å². The molecule has 1 unspecified atom stereocenters. The molecule has 0 radical (unpaired) electrons. The lowest BCUT2D eigenvalue weighted by atomic mass is 10.1. The van der Waals surface area contributed by atoms with Crippen LogP contribution in [0.2, 0.25) is 0 Å². The van der Waals surface area contributed by atoms with E-state index in [4.69, 9.17) is 4.42 Å². The van der Waals surface area contributed by atoms with Gasteiger partial charge in [-0.2, -0.15) is 0 Å². The summed E-state index contributed by atoms with van der Waals surface area (Å²) in [6, 6.07) is 4.98. The summed E-state index contributed by atoms with van der Waals surface area (Å²) in [7, 11) is 0. The molecule has 3 nitrogen and oxygen atoms in total. The standard InChI is InChI=1S/C15H19FN2O/c1-4-7-17-11(3)15-18-9-14(19-15)12-8-10(2)5-6-13(12)16/h5-6,8-9,11,17H,4,7H2,1-3H3. The Morgan fingerprint density at radius 2 is 2.21 bits per heavy atom. The fourth-order valence-corrected chi connectivity index (χ4v) is 1.89. The third kappa shape index (κ3) is 3.20. The highest BCUT2D eigenvalue weighted by molar-refractivity contribution is 5.58. The van der Waals surface area contributed by atoms with Crippen molar-refractivity contribution in [1.82, 2.24) is 10.3 Å². The van der Waals surface area contributed by atoms with Crippen molar-refractivity contribution in [2.45, 2.75) is 33.2 Å². The summed E-state index contributed by atoms with van der Waals surface area (Å²) in [4.78, 5) is 4.22. The van der Waals surface area contributed by atoms with Gasteiger partial charge in [0.1, 0.15) is 5.82 Å². The largest absolute Gasteiger partial charge is 0.439 e. The summed E-state index contributed by atoms with van der Waals surface area (Å²) >= 11 is 0. The van der Waals surface area contributed by atoms with Crippen LogP contribution >= 0.6 is 0 Å². The van der Waals surface area contributed by atoms with Gasteiger partial charge >= 0.3 is 0 Å². The molecule has 0 saturated heterocycles. The summed E-state index contributed by atoms with van der Waals surface area (Å²) < 4.78 is 19.4. The van der Waals surface area contributed by atoms with Crippen molar-refractivity contribution in [2.75, 3.05) is 6.54 Å². The number of rotatable bonds is 5. The monoisotopic (exact) mass is 262 g/mol. The van der Waals surface area contributed by atoms with E-state index in [9.17, 15) is 4.39 Å². The van der Waals surface area contributed by atoms with E-state index in [0.29, 0.717) is 17.2 Å². The second-order valence-corrected chi connectivity index (χ2v) is 4.72. The van der Waals surface area contributed by atoms with Gasteiger partial charge in [-0.3, -0.25) is 0 Å². The molecular formula is C15H19FN2O. The predicted octanol–water partition coefficient (Wildman–Crippen LogP) is 3.85. The van der Waals surface area contributed by atoms with Crippen LogP contribution in [0.5, 0.6) is 0 Å². The van der Waals surface area contributed by atoms with Crippen molar-refractivity contribution >= 4 is 0 Å². The number of aryl methyl sites for hydroxylation is 1. The van der Waals surface area contributed by atoms with Gasteiger partial charge in [0, 0.05) is 0 Å². The van der Waals surface area contributed by atoms with E-state index in [-0.39, 0.29) is 11.9 Å². The first-order chi connectivity index (χ1) is 9.11. The Morgan fingerprint density at radius 1 is 1.42 bits per heavy atom. The lowest BCUT2D eigenvalue weighted by molar-refractivity contribution is 0.422. The van der Waals surface area contributed by atoms with Crippen molar-refractivity contribution in [3.8, 4) is 11.3 Å². The number of hydrogen-bond acceptors (Lipinski definition) is 3. The quantitative estimate of drug-likeness (QED) is 0.889. The van der Waals surface area contributed by atoms with Crippen LogP contribution in [0.3, 0.4) is 0 Å². The minimum Gasteiger partial charge on any atom is -0.439 e. The van der Waals surface area contributed by atoms with Gasteiger partial charge in [-0.05, 0) is 38.9 Å². The Morgan fingerprint density at radius 3 is 2.95 bits per heavy atom. The van der Waals surface area contributed by atoms with Crippen LogP contribution in [0.1, 0.15) is 37.8 Å². The summed E-state index contributed by atoms with van der Waals surface area (Å²) in [5, 5.41) is 3.29. The molecule has 1 N–H and O–H groups in total. The summed E-state index contributed by atoms with van der Waals surface area (Å²) in [6.07, 6.45) is 2.63. The third-order valence-corrected chi connectivity index (χ3v) is 2.98. The average molecular weight is 262 g/mol. The smallest absolute Gasteiger partial charge is 0.211 e. The van der Waals surface area contributed by atoms with E-state index in [1.165, 1.54) is 6.07 Å². The molecule has 1 aromatic heterocycles. The minimum absolute atomic E-state index is 0.0292. The van der Waals surface area contributed by atoms with Gasteiger partial charge < -0.3 is 9.73 Å². The molecule has 2 aromatic rings. The summed E-state index contributed by atoms with van der Waals surface area (Å²) in [5.74, 6) is 0.771. The zero-order valence-corrected chi connectivity index (χ0v) is 11.5. The molecule has 0 aliphatic carbocycles. The van der Waals surface area contributed by atoms with Crippen LogP contribution in [-0.4, -0.2) is 11.5 Å². The number of aromatic nitrogens is 1. The van der Waals surface area contributed by atoms with Crippen molar-refractivity contribution in [3.05, 3.63) is 41.7 Å². The molecule has 0 saturated carbocycles. The molecule has 1 aromatic carbocycles. The molecule has 19 heavy (non-hydrogen) atoms. The van der Waals surface area contributed by atoms with E-state index < -0.39 is 0 Å². The summed E-state index contributed by atoms with van der Waals surface area (Å²) in [5.41, 5.74) is 1.45. The van der Waals surface area contributed by atoms with Crippen molar-refractivity contribution in [2.24, 2.45) is 0 Å². The average Bonchev–Trinajstić information content (AvgIpc) is 2.88. The maximum atomic E-state index is 13.8. The molecule has 102 valence electrons. The molecule has 4 heteroatoms. The SMILES string of the molecule is CCCNC(C)c1ncc(-c2cc(C)ccc2F)o1. The molecule has 0 fully saturated rings. The maximum Gasteiger partial charge on any atom is 0.211 e. The van der Waals surface area contributed by atoms with Crippen LogP contribution in [0.25, 0.3) is 11.3 Å². The predicted molar refractivity (Wildman–Crippen MR) is 73.3 cm³/mol. The van der Waals surface area contributed by atoms with Crippen LogP contribution < -0.4 is 5.32 Å². The number of halogens is 1. The first-order valence-electron chi connectivity index (χ1n) is 6.57. The first kappa shape index (κ1) is 13.7. The van der Waals surface area contributed by atoms with E-state index in [2.05, 4.69) is 17.2 Å². The lowest BCUT2D eigenvalue weighted by Gasteiger charge is -2.08. The molecule has 0 aliphatic heterocycles. The molecule has 1 atom stereocenters. The van der Waals surface area contributed by atoms with Crippen molar-refractivity contribution in [3.63, 3.8) is 0 Å². The van der Waals surface area contributed by atoms with Crippen molar-refractivity contribution in [1.29, 1.82) is 0 Å². The number of nitrogens with one attached hydrogen (secondary N) is 1. The minimum atomic E-state index is -0.289. The highest BCUT2D eigenvalue weighted by Crippen LogP contribution is 2.26. The molecule has 0 spiro atoms. The Balaban J connectivity index is 2.23. The highest BCUT2D eigenvalue weighted by Gasteiger charge is 2.14. The summed E-state index contributed by atoms with van der Waals surface area (Å²) in [6.45, 7) is 6.91. The number of hydrogen-bond donors (Lipinski definition) is 1. The molecule has 0 aliphatic rings. The Labute approximate surface area is 112 Å². The Hall–Kier alpha value is -1.68. The molecule has 0 amide bonds. The topological polar surface area (TPSA) is 38.1 Å². The third-order valence-electron chi connectivity index (χ3n) is 2.98. The van der Waals surface area contributed by atoms with Crippen LogP contribution in [0.4, 0.5) is 4.39 Å². The fourth-order valence-electron chi connectivity index (χ4n) is 1.89. The molecule has 1 heterocycles. The van der Waals surface area contributed by atoms with Crippen molar-refractivity contribution < 1.29 is 8.81 Å². The zero-order chi connectivity index (χ0) is 13.8. The van der Waals surface area contributed by atoms with E-state index in [1.807, 2.05) is 13.8 Å². The zero-order valence-electron chi connectivity index (χ0n) is 11.5. The van der Waals surface area contributed by atoms with Gasteiger partial charge in [0.15, 0.2) is 5.76 Å². The van der Waals surface area contributed by atoms with Crippen LogP contribution in [0, 0.1) is 12.7 Å². The molecule has 0 bridgehead atoms. The fraction of sp³-hybridized carbons (Fsp3) is 0.400. The maximum absolute atomic E-state index is 13.8. The van der Waals surface area contributed by atoms with Gasteiger partial charge in [0.05, 0.1) is 17.8 Å². The second-order valence-electron chi connectivity index (χ2n) is 4.72. The van der Waals surface area contributed by atoms with Gasteiger partial charge in [-0.25, -0.2) is 9.37 Å². The van der Waals surface area contributed by atoms with E-state index in [0.717, 1.165) is 18.5 Å². The highest BCUT2D eigenvalue weighted by atomic mass is 19.1. The molecule has 2 rings (SSSR count). The van der Waals surface area contributed by atoms with Crippen LogP contribution in [0.15, 0.2) is 28.8 Å². The second kappa shape index (κ2) is 5.97. The van der Waals surface area contributed by atoms with Gasteiger partial charge in [0.2, 0.25) is 5.89 Å².